The Morgan fingerprint density at radius 3 is 2.80 bits per heavy atom. The van der Waals surface area contributed by atoms with Gasteiger partial charge in [-0.05, 0) is 13.0 Å². The van der Waals surface area contributed by atoms with Crippen molar-refractivity contribution in [2.24, 2.45) is 0 Å². The first-order valence-electron chi connectivity index (χ1n) is 5.27. The first-order valence-corrected chi connectivity index (χ1v) is 6.04. The number of nitrogens with zero attached hydrogens (tertiary/aromatic N) is 2. The summed E-state index contributed by atoms with van der Waals surface area (Å²) in [6, 6.07) is 0. The van der Waals surface area contributed by atoms with Crippen LogP contribution in [0.1, 0.15) is 33.0 Å². The lowest BCUT2D eigenvalue weighted by Gasteiger charge is -2.12. The van der Waals surface area contributed by atoms with E-state index >= 15 is 0 Å². The molecule has 15 heavy (non-hydrogen) atoms. The Bertz CT molecular complexity index is 326. The van der Waals surface area contributed by atoms with Gasteiger partial charge in [-0.15, -0.1) is 0 Å². The molecule has 0 amide bonds. The summed E-state index contributed by atoms with van der Waals surface area (Å²) >= 11 is 1.35. The lowest BCUT2D eigenvalue weighted by Crippen LogP contribution is -2.19. The molecule has 0 spiro atoms. The number of hydrogen-bond acceptors (Lipinski definition) is 5. The highest BCUT2D eigenvalue weighted by atomic mass is 32.1. The molecule has 0 aromatic carbocycles. The molecule has 1 aromatic heterocycles. The molecule has 1 fully saturated rings. The topological polar surface area (TPSA) is 47.0 Å². The van der Waals surface area contributed by atoms with Crippen LogP contribution in [0.2, 0.25) is 0 Å². The van der Waals surface area contributed by atoms with E-state index < -0.39 is 0 Å². The Balaban J connectivity index is 2.00. The summed E-state index contributed by atoms with van der Waals surface area (Å²) in [7, 11) is 0. The van der Waals surface area contributed by atoms with Crippen LogP contribution in [0.3, 0.4) is 0 Å². The zero-order chi connectivity index (χ0) is 10.9. The molecular formula is C10H17N3OS. The van der Waals surface area contributed by atoms with Crippen LogP contribution >= 0.6 is 11.5 Å². The first kappa shape index (κ1) is 10.8. The highest BCUT2D eigenvalue weighted by Crippen LogP contribution is 2.25. The van der Waals surface area contributed by atoms with Crippen molar-refractivity contribution < 1.29 is 4.74 Å². The minimum Gasteiger partial charge on any atom is -0.464 e. The average Bonchev–Trinajstić information content (AvgIpc) is 2.73. The molecule has 0 saturated carbocycles. The van der Waals surface area contributed by atoms with Crippen molar-refractivity contribution in [3.05, 3.63) is 5.82 Å². The third kappa shape index (κ3) is 2.66. The summed E-state index contributed by atoms with van der Waals surface area (Å²) in [5, 5.41) is 3.96. The molecule has 1 unspecified atom stereocenters. The smallest absolute Gasteiger partial charge is 0.293 e. The number of nitrogens with one attached hydrogen (secondary N) is 1. The van der Waals surface area contributed by atoms with Gasteiger partial charge in [-0.25, -0.2) is 0 Å². The van der Waals surface area contributed by atoms with Crippen LogP contribution < -0.4 is 10.1 Å². The lowest BCUT2D eigenvalue weighted by molar-refractivity contribution is 0.221. The summed E-state index contributed by atoms with van der Waals surface area (Å²) in [5.41, 5.74) is 0.00599. The Hall–Kier alpha value is -0.680. The van der Waals surface area contributed by atoms with E-state index in [2.05, 4.69) is 35.4 Å². The van der Waals surface area contributed by atoms with Crippen molar-refractivity contribution in [2.75, 3.05) is 13.1 Å². The predicted molar refractivity (Wildman–Crippen MR) is 60.5 cm³/mol. The fourth-order valence-electron chi connectivity index (χ4n) is 1.43. The molecule has 2 rings (SSSR count). The van der Waals surface area contributed by atoms with E-state index in [1.54, 1.807) is 0 Å². The summed E-state index contributed by atoms with van der Waals surface area (Å²) in [4.78, 5) is 4.40. The zero-order valence-corrected chi connectivity index (χ0v) is 10.2. The van der Waals surface area contributed by atoms with E-state index in [-0.39, 0.29) is 11.5 Å². The summed E-state index contributed by atoms with van der Waals surface area (Å²) in [6.07, 6.45) is 1.33. The predicted octanol–water partition coefficient (Wildman–Crippen LogP) is 1.58. The van der Waals surface area contributed by atoms with Gasteiger partial charge in [0.15, 0.2) is 5.82 Å². The molecule has 0 aliphatic carbocycles. The molecule has 84 valence electrons. The number of rotatable bonds is 2. The largest absolute Gasteiger partial charge is 0.464 e. The minimum atomic E-state index is 0.00599. The SMILES string of the molecule is CC(C)(C)c1nsc(OC2CCNC2)n1. The molecule has 2 heterocycles. The Morgan fingerprint density at radius 2 is 2.27 bits per heavy atom. The van der Waals surface area contributed by atoms with Crippen molar-refractivity contribution in [3.63, 3.8) is 0 Å². The summed E-state index contributed by atoms with van der Waals surface area (Å²) < 4.78 is 10.0. The van der Waals surface area contributed by atoms with E-state index in [9.17, 15) is 0 Å². The van der Waals surface area contributed by atoms with E-state index in [0.717, 1.165) is 25.3 Å². The molecule has 1 saturated heterocycles. The van der Waals surface area contributed by atoms with E-state index in [0.29, 0.717) is 5.19 Å². The van der Waals surface area contributed by atoms with Gasteiger partial charge in [-0.1, -0.05) is 20.8 Å². The fourth-order valence-corrected chi connectivity index (χ4v) is 2.22. The van der Waals surface area contributed by atoms with Crippen LogP contribution in [0.4, 0.5) is 0 Å². The van der Waals surface area contributed by atoms with Gasteiger partial charge >= 0.3 is 0 Å². The second kappa shape index (κ2) is 4.06. The first-order chi connectivity index (χ1) is 7.05. The Morgan fingerprint density at radius 1 is 1.47 bits per heavy atom. The third-order valence-electron chi connectivity index (χ3n) is 2.36. The normalized spacial score (nSPS) is 21.9. The Kier molecular flexibility index (Phi) is 2.93. The van der Waals surface area contributed by atoms with Crippen molar-refractivity contribution in [2.45, 2.75) is 38.7 Å². The molecule has 0 bridgehead atoms. The lowest BCUT2D eigenvalue weighted by atomic mass is 9.96. The fraction of sp³-hybridized carbons (Fsp3) is 0.800. The van der Waals surface area contributed by atoms with Gasteiger partial charge < -0.3 is 10.1 Å². The quantitative estimate of drug-likeness (QED) is 0.833. The van der Waals surface area contributed by atoms with Crippen molar-refractivity contribution in [1.82, 2.24) is 14.7 Å². The van der Waals surface area contributed by atoms with Crippen LogP contribution in [0.5, 0.6) is 5.19 Å². The van der Waals surface area contributed by atoms with Gasteiger partial charge in [0.1, 0.15) is 6.10 Å². The van der Waals surface area contributed by atoms with E-state index in [1.165, 1.54) is 11.5 Å². The molecule has 1 aliphatic rings. The molecule has 5 heteroatoms. The molecule has 1 aromatic rings. The zero-order valence-electron chi connectivity index (χ0n) is 9.41. The van der Waals surface area contributed by atoms with Crippen LogP contribution in [0.25, 0.3) is 0 Å². The number of hydrogen-bond donors (Lipinski definition) is 1. The molecule has 1 atom stereocenters. The number of ether oxygens (including phenoxy) is 1. The second-order valence-electron chi connectivity index (χ2n) is 4.87. The van der Waals surface area contributed by atoms with Gasteiger partial charge in [-0.3, -0.25) is 0 Å². The maximum Gasteiger partial charge on any atom is 0.293 e. The Labute approximate surface area is 94.2 Å². The van der Waals surface area contributed by atoms with Crippen LogP contribution in [0.15, 0.2) is 0 Å². The minimum absolute atomic E-state index is 0.00599. The highest BCUT2D eigenvalue weighted by Gasteiger charge is 2.22. The van der Waals surface area contributed by atoms with Crippen LogP contribution in [-0.4, -0.2) is 28.6 Å². The van der Waals surface area contributed by atoms with Gasteiger partial charge in [-0.2, -0.15) is 9.36 Å². The summed E-state index contributed by atoms with van der Waals surface area (Å²) in [5.74, 6) is 0.869. The van der Waals surface area contributed by atoms with Crippen molar-refractivity contribution in [3.8, 4) is 5.19 Å². The van der Waals surface area contributed by atoms with Gasteiger partial charge in [0.05, 0.1) is 0 Å². The molecule has 4 nitrogen and oxygen atoms in total. The highest BCUT2D eigenvalue weighted by molar-refractivity contribution is 7.07. The van der Waals surface area contributed by atoms with E-state index in [1.807, 2.05) is 0 Å². The van der Waals surface area contributed by atoms with Gasteiger partial charge in [0.25, 0.3) is 5.19 Å². The maximum atomic E-state index is 5.73. The standard InChI is InChI=1S/C10H17N3OS/c1-10(2,3)8-12-9(15-13-8)14-7-4-5-11-6-7/h7,11H,4-6H2,1-3H3. The average molecular weight is 227 g/mol. The van der Waals surface area contributed by atoms with Crippen LogP contribution in [0, 0.1) is 0 Å². The number of aromatic nitrogens is 2. The van der Waals surface area contributed by atoms with Crippen LogP contribution in [-0.2, 0) is 5.41 Å². The molecular weight excluding hydrogens is 210 g/mol. The van der Waals surface area contributed by atoms with Crippen molar-refractivity contribution in [1.29, 1.82) is 0 Å². The van der Waals surface area contributed by atoms with Gasteiger partial charge in [0.2, 0.25) is 0 Å². The molecule has 0 radical (unpaired) electrons. The van der Waals surface area contributed by atoms with E-state index in [4.69, 9.17) is 4.74 Å². The summed E-state index contributed by atoms with van der Waals surface area (Å²) in [6.45, 7) is 8.28. The molecule has 1 N–H and O–H groups in total. The monoisotopic (exact) mass is 227 g/mol. The maximum absolute atomic E-state index is 5.73. The second-order valence-corrected chi connectivity index (χ2v) is 5.58. The third-order valence-corrected chi connectivity index (χ3v) is 2.97. The van der Waals surface area contributed by atoms with Gasteiger partial charge in [0, 0.05) is 23.5 Å². The molecule has 1 aliphatic heterocycles. The van der Waals surface area contributed by atoms with Crippen molar-refractivity contribution >= 4 is 11.5 Å².